The van der Waals surface area contributed by atoms with Crippen molar-refractivity contribution in [3.63, 3.8) is 0 Å². The Kier molecular flexibility index (Phi) is 8.08. The van der Waals surface area contributed by atoms with Gasteiger partial charge in [-0.25, -0.2) is 4.39 Å². The fourth-order valence-corrected chi connectivity index (χ4v) is 2.50. The Morgan fingerprint density at radius 1 is 1.21 bits per heavy atom. The van der Waals surface area contributed by atoms with E-state index in [1.165, 1.54) is 38.2 Å². The van der Waals surface area contributed by atoms with Crippen LogP contribution >= 0.6 is 11.6 Å². The molecule has 1 rings (SSSR count). The van der Waals surface area contributed by atoms with E-state index in [1.807, 2.05) is 7.05 Å². The number of nitrogens with one attached hydrogen (secondary N) is 1. The molecular weight excluding hydrogens is 261 g/mol. The largest absolute Gasteiger partial charge is 0.317 e. The molecule has 3 heteroatoms. The maximum Gasteiger partial charge on any atom is 0.123 e. The Balaban J connectivity index is 2.41. The molecule has 0 spiro atoms. The van der Waals surface area contributed by atoms with Gasteiger partial charge in [0.2, 0.25) is 0 Å². The lowest BCUT2D eigenvalue weighted by atomic mass is 10.00. The van der Waals surface area contributed by atoms with E-state index in [0.717, 1.165) is 18.4 Å². The van der Waals surface area contributed by atoms with Gasteiger partial charge in [-0.2, -0.15) is 0 Å². The summed E-state index contributed by atoms with van der Waals surface area (Å²) in [5.74, 6) is -0.211. The van der Waals surface area contributed by atoms with E-state index in [2.05, 4.69) is 12.2 Å². The van der Waals surface area contributed by atoms with E-state index in [0.29, 0.717) is 11.1 Å². The van der Waals surface area contributed by atoms with Gasteiger partial charge in [0, 0.05) is 11.1 Å². The average Bonchev–Trinajstić information content (AvgIpc) is 2.41. The molecule has 0 aliphatic heterocycles. The number of hydrogen-bond acceptors (Lipinski definition) is 1. The Morgan fingerprint density at radius 3 is 2.63 bits per heavy atom. The highest BCUT2D eigenvalue weighted by molar-refractivity contribution is 6.31. The highest BCUT2D eigenvalue weighted by atomic mass is 35.5. The number of likely N-dealkylation sites (N-methyl/N-ethyl adjacent to an activating group) is 1. The zero-order chi connectivity index (χ0) is 14.1. The molecule has 0 aromatic heterocycles. The molecule has 0 aliphatic rings. The molecule has 1 atom stereocenters. The van der Waals surface area contributed by atoms with Crippen LogP contribution in [0.15, 0.2) is 18.2 Å². The van der Waals surface area contributed by atoms with Crippen LogP contribution in [0.4, 0.5) is 4.39 Å². The van der Waals surface area contributed by atoms with Gasteiger partial charge in [0.05, 0.1) is 0 Å². The number of rotatable bonds is 9. The van der Waals surface area contributed by atoms with Crippen molar-refractivity contribution in [1.29, 1.82) is 0 Å². The molecule has 1 aromatic carbocycles. The lowest BCUT2D eigenvalue weighted by Gasteiger charge is -2.17. The number of unbranched alkanes of at least 4 members (excludes halogenated alkanes) is 4. The van der Waals surface area contributed by atoms with Gasteiger partial charge < -0.3 is 5.32 Å². The van der Waals surface area contributed by atoms with Crippen molar-refractivity contribution in [2.45, 2.75) is 57.9 Å². The van der Waals surface area contributed by atoms with Crippen molar-refractivity contribution >= 4 is 11.6 Å². The van der Waals surface area contributed by atoms with Crippen LogP contribution < -0.4 is 5.32 Å². The van der Waals surface area contributed by atoms with Gasteiger partial charge in [0.25, 0.3) is 0 Å². The third-order valence-corrected chi connectivity index (χ3v) is 3.91. The second-order valence-corrected chi connectivity index (χ2v) is 5.54. The van der Waals surface area contributed by atoms with Gasteiger partial charge >= 0.3 is 0 Å². The monoisotopic (exact) mass is 285 g/mol. The van der Waals surface area contributed by atoms with Crippen LogP contribution in [0.5, 0.6) is 0 Å². The topological polar surface area (TPSA) is 12.0 Å². The molecule has 0 saturated heterocycles. The Labute approximate surface area is 121 Å². The quantitative estimate of drug-likeness (QED) is 0.632. The maximum absolute atomic E-state index is 13.2. The molecule has 108 valence electrons. The van der Waals surface area contributed by atoms with E-state index < -0.39 is 0 Å². The first kappa shape index (κ1) is 16.5. The van der Waals surface area contributed by atoms with Crippen LogP contribution in [-0.2, 0) is 6.42 Å². The average molecular weight is 286 g/mol. The van der Waals surface area contributed by atoms with Gasteiger partial charge in [-0.15, -0.1) is 0 Å². The van der Waals surface area contributed by atoms with Crippen molar-refractivity contribution in [1.82, 2.24) is 5.32 Å². The number of benzene rings is 1. The molecule has 0 aliphatic carbocycles. The fourth-order valence-electron chi connectivity index (χ4n) is 2.31. The molecule has 1 nitrogen and oxygen atoms in total. The molecular formula is C16H25ClFN. The molecule has 0 saturated carbocycles. The van der Waals surface area contributed by atoms with Crippen LogP contribution in [0.3, 0.4) is 0 Å². The standard InChI is InChI=1S/C16H25ClFN/c1-3-4-5-6-7-8-15(19-2)12-13-11-14(18)9-10-16(13)17/h9-11,15,19H,3-8,12H2,1-2H3. The van der Waals surface area contributed by atoms with Crippen molar-refractivity contribution in [3.8, 4) is 0 Å². The molecule has 1 N–H and O–H groups in total. The minimum Gasteiger partial charge on any atom is -0.317 e. The molecule has 0 radical (unpaired) electrons. The van der Waals surface area contributed by atoms with Gasteiger partial charge in [-0.3, -0.25) is 0 Å². The summed E-state index contributed by atoms with van der Waals surface area (Å²) >= 11 is 6.11. The van der Waals surface area contributed by atoms with Crippen molar-refractivity contribution in [2.75, 3.05) is 7.05 Å². The lowest BCUT2D eigenvalue weighted by Crippen LogP contribution is -2.27. The summed E-state index contributed by atoms with van der Waals surface area (Å²) in [6, 6.07) is 4.97. The summed E-state index contributed by atoms with van der Waals surface area (Å²) in [4.78, 5) is 0. The van der Waals surface area contributed by atoms with Crippen LogP contribution in [0.2, 0.25) is 5.02 Å². The second-order valence-electron chi connectivity index (χ2n) is 5.13. The summed E-state index contributed by atoms with van der Waals surface area (Å²) < 4.78 is 13.2. The summed E-state index contributed by atoms with van der Waals surface area (Å²) in [6.45, 7) is 2.22. The predicted molar refractivity (Wildman–Crippen MR) is 81.3 cm³/mol. The van der Waals surface area contributed by atoms with Gasteiger partial charge in [0.1, 0.15) is 5.82 Å². The fraction of sp³-hybridized carbons (Fsp3) is 0.625. The van der Waals surface area contributed by atoms with E-state index in [4.69, 9.17) is 11.6 Å². The molecule has 0 fully saturated rings. The highest BCUT2D eigenvalue weighted by Gasteiger charge is 2.10. The van der Waals surface area contributed by atoms with E-state index in [9.17, 15) is 4.39 Å². The second kappa shape index (κ2) is 9.33. The van der Waals surface area contributed by atoms with Crippen LogP contribution in [0.1, 0.15) is 51.0 Å². The minimum atomic E-state index is -0.211. The first-order valence-electron chi connectivity index (χ1n) is 7.28. The summed E-state index contributed by atoms with van der Waals surface area (Å²) in [7, 11) is 1.96. The van der Waals surface area contributed by atoms with E-state index >= 15 is 0 Å². The molecule has 0 bridgehead atoms. The summed E-state index contributed by atoms with van der Waals surface area (Å²) in [5.41, 5.74) is 0.898. The first-order valence-corrected chi connectivity index (χ1v) is 7.66. The SMILES string of the molecule is CCCCCCCC(Cc1cc(F)ccc1Cl)NC. The zero-order valence-corrected chi connectivity index (χ0v) is 12.8. The molecule has 0 amide bonds. The summed E-state index contributed by atoms with van der Waals surface area (Å²) in [5, 5.41) is 3.97. The highest BCUT2D eigenvalue weighted by Crippen LogP contribution is 2.20. The van der Waals surface area contributed by atoms with Crippen LogP contribution in [0, 0.1) is 5.82 Å². The molecule has 1 aromatic rings. The number of hydrogen-bond donors (Lipinski definition) is 1. The van der Waals surface area contributed by atoms with Crippen LogP contribution in [0.25, 0.3) is 0 Å². The first-order chi connectivity index (χ1) is 9.17. The van der Waals surface area contributed by atoms with Crippen LogP contribution in [-0.4, -0.2) is 13.1 Å². The third kappa shape index (κ3) is 6.40. The van der Waals surface area contributed by atoms with Crippen molar-refractivity contribution in [3.05, 3.63) is 34.6 Å². The predicted octanol–water partition coefficient (Wildman–Crippen LogP) is 4.97. The molecule has 19 heavy (non-hydrogen) atoms. The molecule has 1 unspecified atom stereocenters. The van der Waals surface area contributed by atoms with Crippen molar-refractivity contribution in [2.24, 2.45) is 0 Å². The summed E-state index contributed by atoms with van der Waals surface area (Å²) in [6.07, 6.45) is 8.32. The Hall–Kier alpha value is -0.600. The van der Waals surface area contributed by atoms with Crippen molar-refractivity contribution < 1.29 is 4.39 Å². The Morgan fingerprint density at radius 2 is 1.95 bits per heavy atom. The van der Waals surface area contributed by atoms with Gasteiger partial charge in [-0.1, -0.05) is 50.6 Å². The lowest BCUT2D eigenvalue weighted by molar-refractivity contribution is 0.481. The third-order valence-electron chi connectivity index (χ3n) is 3.54. The number of halogens is 2. The maximum atomic E-state index is 13.2. The van der Waals surface area contributed by atoms with E-state index in [1.54, 1.807) is 12.1 Å². The minimum absolute atomic E-state index is 0.211. The molecule has 0 heterocycles. The smallest absolute Gasteiger partial charge is 0.123 e. The van der Waals surface area contributed by atoms with E-state index in [-0.39, 0.29) is 5.82 Å². The van der Waals surface area contributed by atoms with Gasteiger partial charge in [0.15, 0.2) is 0 Å². The Bertz CT molecular complexity index is 368. The van der Waals surface area contributed by atoms with Gasteiger partial charge in [-0.05, 0) is 43.7 Å². The normalized spacial score (nSPS) is 12.6. The zero-order valence-electron chi connectivity index (χ0n) is 12.0.